The van der Waals surface area contributed by atoms with E-state index in [1.165, 1.54) is 29.1 Å². The molecule has 1 aromatic heterocycles. The Kier molecular flexibility index (Phi) is 4.58. The summed E-state index contributed by atoms with van der Waals surface area (Å²) in [6.07, 6.45) is 4.57. The van der Waals surface area contributed by atoms with E-state index < -0.39 is 6.61 Å². The smallest absolute Gasteiger partial charge is 0.191 e. The maximum absolute atomic E-state index is 11.3. The molecule has 0 atom stereocenters. The van der Waals surface area contributed by atoms with E-state index in [1.54, 1.807) is 0 Å². The van der Waals surface area contributed by atoms with E-state index in [2.05, 4.69) is 42.0 Å². The van der Waals surface area contributed by atoms with E-state index in [9.17, 15) is 4.79 Å². The van der Waals surface area contributed by atoms with Crippen LogP contribution in [0.3, 0.4) is 0 Å². The molecule has 0 bridgehead atoms. The Morgan fingerprint density at radius 2 is 1.70 bits per heavy atom. The van der Waals surface area contributed by atoms with Gasteiger partial charge in [0.1, 0.15) is 12.4 Å². The van der Waals surface area contributed by atoms with Crippen molar-refractivity contribution in [1.29, 1.82) is 0 Å². The summed E-state index contributed by atoms with van der Waals surface area (Å²) in [4.78, 5) is 19.6. The van der Waals surface area contributed by atoms with Crippen molar-refractivity contribution in [3.63, 3.8) is 0 Å². The van der Waals surface area contributed by atoms with Crippen LogP contribution >= 0.6 is 0 Å². The molecule has 0 fully saturated rings. The quantitative estimate of drug-likeness (QED) is 0.845. The fourth-order valence-corrected chi connectivity index (χ4v) is 2.20. The summed E-state index contributed by atoms with van der Waals surface area (Å²) in [5.74, 6) is 0.355. The second-order valence-electron chi connectivity index (χ2n) is 4.84. The van der Waals surface area contributed by atoms with Crippen LogP contribution in [0.5, 0.6) is 0 Å². The Hall–Kier alpha value is -2.07. The summed E-state index contributed by atoms with van der Waals surface area (Å²) in [5.41, 5.74) is 4.23. The van der Waals surface area contributed by atoms with Crippen molar-refractivity contribution in [3.05, 3.63) is 58.7 Å². The van der Waals surface area contributed by atoms with Gasteiger partial charge in [-0.15, -0.1) is 0 Å². The number of aryl methyl sites for hydroxylation is 3. The molecule has 0 radical (unpaired) electrons. The lowest BCUT2D eigenvalue weighted by atomic mass is 9.98. The lowest BCUT2D eigenvalue weighted by Crippen LogP contribution is -2.07. The molecule has 0 unspecified atom stereocenters. The zero-order chi connectivity index (χ0) is 14.5. The summed E-state index contributed by atoms with van der Waals surface area (Å²) in [7, 11) is 0. The maximum Gasteiger partial charge on any atom is 0.191 e. The summed E-state index contributed by atoms with van der Waals surface area (Å²) in [6.45, 7) is 3.70. The topological polar surface area (TPSA) is 63.1 Å². The minimum absolute atomic E-state index is 0.350. The number of carbonyl (C=O) groups is 1. The van der Waals surface area contributed by atoms with Gasteiger partial charge in [0.15, 0.2) is 5.78 Å². The van der Waals surface area contributed by atoms with E-state index in [1.807, 2.05) is 0 Å². The lowest BCUT2D eigenvalue weighted by molar-refractivity contribution is 0.0903. The molecule has 0 saturated heterocycles. The molecular weight excluding hydrogens is 252 g/mol. The van der Waals surface area contributed by atoms with Crippen LogP contribution in [0, 0.1) is 13.8 Å². The van der Waals surface area contributed by atoms with Gasteiger partial charge < -0.3 is 5.11 Å². The van der Waals surface area contributed by atoms with Crippen LogP contribution in [0.25, 0.3) is 0 Å². The number of aliphatic hydroxyl groups excluding tert-OH is 1. The third-order valence-electron chi connectivity index (χ3n) is 3.41. The van der Waals surface area contributed by atoms with Crippen molar-refractivity contribution in [2.75, 3.05) is 6.61 Å². The third-order valence-corrected chi connectivity index (χ3v) is 3.41. The zero-order valence-electron chi connectivity index (χ0n) is 11.8. The second kappa shape index (κ2) is 6.39. The molecular formula is C16H18N2O2. The molecule has 1 aromatic carbocycles. The Morgan fingerprint density at radius 3 is 2.25 bits per heavy atom. The minimum atomic E-state index is -0.509. The molecule has 2 rings (SSSR count). The number of hydrogen-bond acceptors (Lipinski definition) is 4. The highest BCUT2D eigenvalue weighted by atomic mass is 16.3. The first-order chi connectivity index (χ1) is 9.61. The number of aromatic nitrogens is 2. The minimum Gasteiger partial charge on any atom is -0.388 e. The second-order valence-corrected chi connectivity index (χ2v) is 4.84. The number of Topliss-reactive ketones (excluding diaryl/α,β-unsaturated/α-hetero) is 1. The Morgan fingerprint density at radius 1 is 1.10 bits per heavy atom. The Labute approximate surface area is 118 Å². The fraction of sp³-hybridized carbons (Fsp3) is 0.312. The van der Waals surface area contributed by atoms with E-state index in [0.29, 0.717) is 11.4 Å². The summed E-state index contributed by atoms with van der Waals surface area (Å²) in [6, 6.07) is 6.26. The average molecular weight is 270 g/mol. The number of nitrogens with zero attached hydrogens (tertiary/aromatic N) is 2. The highest BCUT2D eigenvalue weighted by Gasteiger charge is 2.07. The first-order valence-electron chi connectivity index (χ1n) is 6.62. The summed E-state index contributed by atoms with van der Waals surface area (Å²) < 4.78 is 0. The van der Waals surface area contributed by atoms with E-state index >= 15 is 0 Å². The Bertz CT molecular complexity index is 586. The van der Waals surface area contributed by atoms with Crippen LogP contribution in [-0.2, 0) is 12.8 Å². The molecule has 0 aliphatic rings. The number of carbonyl (C=O) groups excluding carboxylic acids is 1. The molecule has 4 heteroatoms. The first-order valence-corrected chi connectivity index (χ1v) is 6.62. The highest BCUT2D eigenvalue weighted by molar-refractivity contribution is 5.96. The van der Waals surface area contributed by atoms with Gasteiger partial charge in [0, 0.05) is 18.8 Å². The van der Waals surface area contributed by atoms with E-state index in [0.717, 1.165) is 12.8 Å². The van der Waals surface area contributed by atoms with Crippen molar-refractivity contribution in [1.82, 2.24) is 9.97 Å². The molecule has 20 heavy (non-hydrogen) atoms. The van der Waals surface area contributed by atoms with Gasteiger partial charge in [-0.3, -0.25) is 4.79 Å². The molecule has 1 N–H and O–H groups in total. The average Bonchev–Trinajstić information content (AvgIpc) is 2.46. The normalized spacial score (nSPS) is 10.6. The van der Waals surface area contributed by atoms with E-state index in [-0.39, 0.29) is 5.78 Å². The lowest BCUT2D eigenvalue weighted by Gasteiger charge is -2.09. The Balaban J connectivity index is 2.06. The van der Waals surface area contributed by atoms with Crippen molar-refractivity contribution < 1.29 is 9.90 Å². The largest absolute Gasteiger partial charge is 0.388 e. The van der Waals surface area contributed by atoms with Gasteiger partial charge in [-0.2, -0.15) is 0 Å². The predicted octanol–water partition coefficient (Wildman–Crippen LogP) is 2.05. The predicted molar refractivity (Wildman–Crippen MR) is 76.8 cm³/mol. The van der Waals surface area contributed by atoms with Gasteiger partial charge in [-0.05, 0) is 37.0 Å². The molecule has 4 nitrogen and oxygen atoms in total. The van der Waals surface area contributed by atoms with E-state index in [4.69, 9.17) is 5.11 Å². The van der Waals surface area contributed by atoms with Gasteiger partial charge in [0.25, 0.3) is 0 Å². The standard InChI is InChI=1S/C16H18N2O2/c1-11-4-3-5-12(2)14(11)6-7-16-17-8-13(9-18-16)15(20)10-19/h3-5,8-9,19H,6-7,10H2,1-2H3. The van der Waals surface area contributed by atoms with Crippen LogP contribution in [0.4, 0.5) is 0 Å². The number of ketones is 1. The van der Waals surface area contributed by atoms with Crippen molar-refractivity contribution >= 4 is 5.78 Å². The summed E-state index contributed by atoms with van der Waals surface area (Å²) >= 11 is 0. The summed E-state index contributed by atoms with van der Waals surface area (Å²) in [5, 5.41) is 8.77. The van der Waals surface area contributed by atoms with Crippen LogP contribution in [0.1, 0.15) is 32.9 Å². The first kappa shape index (κ1) is 14.3. The zero-order valence-corrected chi connectivity index (χ0v) is 11.8. The van der Waals surface area contributed by atoms with Gasteiger partial charge in [0.05, 0.1) is 5.56 Å². The third kappa shape index (κ3) is 3.27. The van der Waals surface area contributed by atoms with Gasteiger partial charge >= 0.3 is 0 Å². The SMILES string of the molecule is Cc1cccc(C)c1CCc1ncc(C(=O)CO)cn1. The van der Waals surface area contributed by atoms with Gasteiger partial charge in [0.2, 0.25) is 0 Å². The monoisotopic (exact) mass is 270 g/mol. The molecule has 0 amide bonds. The molecule has 0 aliphatic carbocycles. The van der Waals surface area contributed by atoms with Crippen LogP contribution in [0.15, 0.2) is 30.6 Å². The van der Waals surface area contributed by atoms with Crippen LogP contribution in [-0.4, -0.2) is 27.5 Å². The molecule has 0 spiro atoms. The molecule has 0 aliphatic heterocycles. The fourth-order valence-electron chi connectivity index (χ4n) is 2.20. The number of aliphatic hydroxyl groups is 1. The highest BCUT2D eigenvalue weighted by Crippen LogP contribution is 2.15. The molecule has 0 saturated carbocycles. The van der Waals surface area contributed by atoms with Gasteiger partial charge in [-0.25, -0.2) is 9.97 Å². The number of hydrogen-bond donors (Lipinski definition) is 1. The van der Waals surface area contributed by atoms with Crippen molar-refractivity contribution in [2.24, 2.45) is 0 Å². The maximum atomic E-state index is 11.3. The number of benzene rings is 1. The molecule has 104 valence electrons. The van der Waals surface area contributed by atoms with Crippen LogP contribution in [0.2, 0.25) is 0 Å². The van der Waals surface area contributed by atoms with Gasteiger partial charge in [-0.1, -0.05) is 18.2 Å². The van der Waals surface area contributed by atoms with Crippen LogP contribution < -0.4 is 0 Å². The molecule has 2 aromatic rings. The number of rotatable bonds is 5. The van der Waals surface area contributed by atoms with Crippen molar-refractivity contribution in [2.45, 2.75) is 26.7 Å². The van der Waals surface area contributed by atoms with Crippen molar-refractivity contribution in [3.8, 4) is 0 Å². The molecule has 1 heterocycles.